The van der Waals surface area contributed by atoms with Crippen LogP contribution in [-0.4, -0.2) is 33.4 Å². The summed E-state index contributed by atoms with van der Waals surface area (Å²) >= 11 is 1.62. The first-order valence-electron chi connectivity index (χ1n) is 6.58. The number of thiazole rings is 1. The minimum absolute atomic E-state index is 0.217. The number of nitrogens with zero attached hydrogens (tertiary/aromatic N) is 1. The van der Waals surface area contributed by atoms with E-state index in [4.69, 9.17) is 14.2 Å². The molecule has 0 aliphatic carbocycles. The first-order valence-corrected chi connectivity index (χ1v) is 7.46. The highest BCUT2D eigenvalue weighted by Crippen LogP contribution is 2.44. The van der Waals surface area contributed by atoms with Crippen LogP contribution in [0.25, 0.3) is 11.3 Å². The number of hydrogen-bond acceptors (Lipinski definition) is 6. The van der Waals surface area contributed by atoms with Crippen LogP contribution in [0.3, 0.4) is 0 Å². The van der Waals surface area contributed by atoms with E-state index in [1.54, 1.807) is 32.7 Å². The van der Waals surface area contributed by atoms with Gasteiger partial charge in [-0.15, -0.1) is 11.3 Å². The third-order valence-electron chi connectivity index (χ3n) is 3.31. The van der Waals surface area contributed by atoms with Crippen LogP contribution in [0.4, 0.5) is 0 Å². The molecule has 21 heavy (non-hydrogen) atoms. The fourth-order valence-electron chi connectivity index (χ4n) is 2.04. The molecule has 114 valence electrons. The van der Waals surface area contributed by atoms with Crippen LogP contribution >= 0.6 is 11.3 Å². The molecule has 0 aliphatic rings. The predicted molar refractivity (Wildman–Crippen MR) is 84.7 cm³/mol. The molecule has 2 aromatic rings. The number of benzene rings is 1. The smallest absolute Gasteiger partial charge is 0.203 e. The van der Waals surface area contributed by atoms with Crippen LogP contribution in [-0.2, 0) is 0 Å². The van der Waals surface area contributed by atoms with Crippen molar-refractivity contribution < 1.29 is 14.2 Å². The molecule has 1 atom stereocenters. The molecule has 1 N–H and O–H groups in total. The SMILES string of the molecule is CNC(C)c1nc(-c2ccc(OC)c(OC)c2OC)cs1. The van der Waals surface area contributed by atoms with Crippen LogP contribution in [0.1, 0.15) is 18.0 Å². The van der Waals surface area contributed by atoms with Crippen molar-refractivity contribution in [2.45, 2.75) is 13.0 Å². The molecule has 0 spiro atoms. The fourth-order valence-corrected chi connectivity index (χ4v) is 2.92. The monoisotopic (exact) mass is 308 g/mol. The Hall–Kier alpha value is -1.79. The summed E-state index contributed by atoms with van der Waals surface area (Å²) in [5.74, 6) is 1.84. The summed E-state index contributed by atoms with van der Waals surface area (Å²) in [6.07, 6.45) is 0. The Bertz CT molecular complexity index is 613. The molecule has 0 bridgehead atoms. The molecule has 5 nitrogen and oxygen atoms in total. The summed E-state index contributed by atoms with van der Waals surface area (Å²) in [5.41, 5.74) is 1.76. The molecule has 1 aromatic heterocycles. The molecule has 1 aromatic carbocycles. The van der Waals surface area contributed by atoms with Crippen molar-refractivity contribution in [3.05, 3.63) is 22.5 Å². The van der Waals surface area contributed by atoms with E-state index in [0.717, 1.165) is 16.3 Å². The molecule has 1 heterocycles. The summed E-state index contributed by atoms with van der Waals surface area (Å²) in [4.78, 5) is 4.67. The molecule has 0 saturated heterocycles. The van der Waals surface area contributed by atoms with E-state index in [1.807, 2.05) is 24.6 Å². The van der Waals surface area contributed by atoms with Gasteiger partial charge in [0.1, 0.15) is 5.01 Å². The van der Waals surface area contributed by atoms with E-state index in [9.17, 15) is 0 Å². The minimum atomic E-state index is 0.217. The van der Waals surface area contributed by atoms with Crippen LogP contribution < -0.4 is 19.5 Å². The van der Waals surface area contributed by atoms with Crippen molar-refractivity contribution in [2.75, 3.05) is 28.4 Å². The number of methoxy groups -OCH3 is 3. The van der Waals surface area contributed by atoms with Gasteiger partial charge in [-0.3, -0.25) is 0 Å². The largest absolute Gasteiger partial charge is 0.493 e. The average molecular weight is 308 g/mol. The predicted octanol–water partition coefficient (Wildman–Crippen LogP) is 3.12. The van der Waals surface area contributed by atoms with Gasteiger partial charge in [-0.1, -0.05) is 0 Å². The van der Waals surface area contributed by atoms with Crippen molar-refractivity contribution in [2.24, 2.45) is 0 Å². The third-order valence-corrected chi connectivity index (χ3v) is 4.33. The number of rotatable bonds is 6. The van der Waals surface area contributed by atoms with Crippen molar-refractivity contribution in [3.63, 3.8) is 0 Å². The van der Waals surface area contributed by atoms with Gasteiger partial charge in [0.15, 0.2) is 11.5 Å². The summed E-state index contributed by atoms with van der Waals surface area (Å²) in [5, 5.41) is 6.24. The second-order valence-electron chi connectivity index (χ2n) is 4.46. The molecule has 1 unspecified atom stereocenters. The number of nitrogens with one attached hydrogen (secondary N) is 1. The van der Waals surface area contributed by atoms with Gasteiger partial charge in [-0.25, -0.2) is 4.98 Å². The van der Waals surface area contributed by atoms with Gasteiger partial charge in [-0.2, -0.15) is 0 Å². The first-order chi connectivity index (χ1) is 10.2. The lowest BCUT2D eigenvalue weighted by molar-refractivity contribution is 0.325. The van der Waals surface area contributed by atoms with E-state index >= 15 is 0 Å². The topological polar surface area (TPSA) is 52.6 Å². The van der Waals surface area contributed by atoms with Crippen LogP contribution in [0.15, 0.2) is 17.5 Å². The van der Waals surface area contributed by atoms with Gasteiger partial charge < -0.3 is 19.5 Å². The second kappa shape index (κ2) is 6.78. The molecule has 0 radical (unpaired) electrons. The van der Waals surface area contributed by atoms with E-state index in [-0.39, 0.29) is 6.04 Å². The number of ether oxygens (including phenoxy) is 3. The molecule has 6 heteroatoms. The highest BCUT2D eigenvalue weighted by atomic mass is 32.1. The van der Waals surface area contributed by atoms with E-state index in [0.29, 0.717) is 17.2 Å². The van der Waals surface area contributed by atoms with Gasteiger partial charge in [-0.05, 0) is 26.1 Å². The lowest BCUT2D eigenvalue weighted by atomic mass is 10.1. The quantitative estimate of drug-likeness (QED) is 0.888. The maximum absolute atomic E-state index is 5.50. The average Bonchev–Trinajstić information content (AvgIpc) is 3.02. The first kappa shape index (κ1) is 15.6. The highest BCUT2D eigenvalue weighted by molar-refractivity contribution is 7.10. The summed E-state index contributed by atoms with van der Waals surface area (Å²) in [7, 11) is 6.74. The second-order valence-corrected chi connectivity index (χ2v) is 5.35. The summed E-state index contributed by atoms with van der Waals surface area (Å²) in [6.45, 7) is 2.08. The zero-order chi connectivity index (χ0) is 15.4. The molecular formula is C15H20N2O3S. The number of aromatic nitrogens is 1. The molecule has 2 rings (SSSR count). The van der Waals surface area contributed by atoms with Crippen molar-refractivity contribution in [1.29, 1.82) is 0 Å². The third kappa shape index (κ3) is 2.96. The highest BCUT2D eigenvalue weighted by Gasteiger charge is 2.19. The van der Waals surface area contributed by atoms with E-state index in [1.165, 1.54) is 0 Å². The molecule has 0 amide bonds. The summed E-state index contributed by atoms with van der Waals surface area (Å²) < 4.78 is 16.2. The van der Waals surface area contributed by atoms with Crippen LogP contribution in [0, 0.1) is 0 Å². The van der Waals surface area contributed by atoms with Crippen LogP contribution in [0.5, 0.6) is 17.2 Å². The zero-order valence-corrected chi connectivity index (χ0v) is 13.7. The number of hydrogen-bond donors (Lipinski definition) is 1. The maximum Gasteiger partial charge on any atom is 0.203 e. The lowest BCUT2D eigenvalue weighted by Crippen LogP contribution is -2.11. The van der Waals surface area contributed by atoms with Gasteiger partial charge >= 0.3 is 0 Å². The lowest BCUT2D eigenvalue weighted by Gasteiger charge is -2.14. The standard InChI is InChI=1S/C15H20N2O3S/c1-9(16-2)15-17-11(8-21-15)10-6-7-12(18-3)14(20-5)13(10)19-4/h6-9,16H,1-5H3. The fraction of sp³-hybridized carbons (Fsp3) is 0.400. The van der Waals surface area contributed by atoms with Crippen LogP contribution in [0.2, 0.25) is 0 Å². The molecule has 0 aliphatic heterocycles. The molecule has 0 saturated carbocycles. The Kier molecular flexibility index (Phi) is 5.03. The normalized spacial score (nSPS) is 12.0. The summed E-state index contributed by atoms with van der Waals surface area (Å²) in [6, 6.07) is 4.01. The Labute approximate surface area is 128 Å². The van der Waals surface area contributed by atoms with E-state index < -0.39 is 0 Å². The maximum atomic E-state index is 5.50. The Balaban J connectivity index is 2.51. The zero-order valence-electron chi connectivity index (χ0n) is 12.9. The minimum Gasteiger partial charge on any atom is -0.493 e. The molecular weight excluding hydrogens is 288 g/mol. The Morgan fingerprint density at radius 2 is 1.81 bits per heavy atom. The van der Waals surface area contributed by atoms with Crippen molar-refractivity contribution in [3.8, 4) is 28.5 Å². The van der Waals surface area contributed by atoms with Gasteiger partial charge in [0, 0.05) is 10.9 Å². The Morgan fingerprint density at radius 1 is 1.10 bits per heavy atom. The Morgan fingerprint density at radius 3 is 2.38 bits per heavy atom. The van der Waals surface area contributed by atoms with E-state index in [2.05, 4.69) is 17.2 Å². The van der Waals surface area contributed by atoms with Gasteiger partial charge in [0.25, 0.3) is 0 Å². The van der Waals surface area contributed by atoms with Crippen molar-refractivity contribution >= 4 is 11.3 Å². The van der Waals surface area contributed by atoms with Crippen molar-refractivity contribution in [1.82, 2.24) is 10.3 Å². The van der Waals surface area contributed by atoms with Gasteiger partial charge in [0.05, 0.1) is 33.1 Å². The van der Waals surface area contributed by atoms with Gasteiger partial charge in [0.2, 0.25) is 5.75 Å². The molecule has 0 fully saturated rings.